The Morgan fingerprint density at radius 3 is 2.56 bits per heavy atom. The predicted octanol–water partition coefficient (Wildman–Crippen LogP) is 1.97. The van der Waals surface area contributed by atoms with Gasteiger partial charge in [0.25, 0.3) is 0 Å². The van der Waals surface area contributed by atoms with E-state index in [-0.39, 0.29) is 12.1 Å². The molecule has 1 saturated carbocycles. The Morgan fingerprint density at radius 2 is 2.00 bits per heavy atom. The molecule has 1 aliphatic carbocycles. The van der Waals surface area contributed by atoms with E-state index in [4.69, 9.17) is 5.11 Å². The summed E-state index contributed by atoms with van der Waals surface area (Å²) in [5.74, 6) is 0.0533. The molecule has 18 heavy (non-hydrogen) atoms. The van der Waals surface area contributed by atoms with Crippen LogP contribution in [-0.4, -0.2) is 29.2 Å². The first-order valence-electron chi connectivity index (χ1n) is 6.75. The van der Waals surface area contributed by atoms with Crippen molar-refractivity contribution in [2.24, 2.45) is 11.8 Å². The summed E-state index contributed by atoms with van der Waals surface area (Å²) >= 11 is 0. The van der Waals surface area contributed by atoms with Crippen LogP contribution in [0.15, 0.2) is 0 Å². The van der Waals surface area contributed by atoms with Gasteiger partial charge in [0, 0.05) is 6.04 Å². The lowest BCUT2D eigenvalue weighted by Crippen LogP contribution is -2.51. The van der Waals surface area contributed by atoms with Crippen LogP contribution < -0.4 is 10.6 Å². The molecule has 0 radical (unpaired) electrons. The number of rotatable bonds is 4. The van der Waals surface area contributed by atoms with Crippen molar-refractivity contribution in [1.29, 1.82) is 0 Å². The predicted molar refractivity (Wildman–Crippen MR) is 69.3 cm³/mol. The third-order valence-electron chi connectivity index (χ3n) is 4.03. The van der Waals surface area contributed by atoms with E-state index in [1.54, 1.807) is 6.92 Å². The van der Waals surface area contributed by atoms with Crippen LogP contribution in [0, 0.1) is 11.8 Å². The average molecular weight is 256 g/mol. The quantitative estimate of drug-likeness (QED) is 0.719. The number of nitrogens with one attached hydrogen (secondary N) is 2. The van der Waals surface area contributed by atoms with E-state index in [9.17, 15) is 9.59 Å². The number of carbonyl (C=O) groups is 2. The van der Waals surface area contributed by atoms with Crippen molar-refractivity contribution in [3.8, 4) is 0 Å². The van der Waals surface area contributed by atoms with Gasteiger partial charge in [-0.15, -0.1) is 0 Å². The van der Waals surface area contributed by atoms with Crippen LogP contribution in [0.2, 0.25) is 0 Å². The van der Waals surface area contributed by atoms with Crippen LogP contribution in [0.4, 0.5) is 4.79 Å². The van der Waals surface area contributed by atoms with Gasteiger partial charge in [-0.3, -0.25) is 0 Å². The number of carbonyl (C=O) groups excluding carboxylic acids is 1. The van der Waals surface area contributed by atoms with Crippen LogP contribution >= 0.6 is 0 Å². The van der Waals surface area contributed by atoms with Gasteiger partial charge in [0.2, 0.25) is 0 Å². The van der Waals surface area contributed by atoms with Gasteiger partial charge in [-0.1, -0.05) is 33.6 Å². The number of carboxylic acid groups (broad SMARTS) is 1. The summed E-state index contributed by atoms with van der Waals surface area (Å²) in [4.78, 5) is 22.6. The van der Waals surface area contributed by atoms with Crippen LogP contribution in [-0.2, 0) is 4.79 Å². The Morgan fingerprint density at radius 1 is 1.33 bits per heavy atom. The van der Waals surface area contributed by atoms with E-state index in [0.29, 0.717) is 18.3 Å². The second kappa shape index (κ2) is 6.61. The Kier molecular flexibility index (Phi) is 5.44. The lowest BCUT2D eigenvalue weighted by Gasteiger charge is -2.34. The van der Waals surface area contributed by atoms with E-state index in [2.05, 4.69) is 24.5 Å². The van der Waals surface area contributed by atoms with Crippen molar-refractivity contribution in [3.05, 3.63) is 0 Å². The monoisotopic (exact) mass is 256 g/mol. The number of hydrogen-bond acceptors (Lipinski definition) is 2. The fourth-order valence-corrected chi connectivity index (χ4v) is 2.49. The summed E-state index contributed by atoms with van der Waals surface area (Å²) in [5.41, 5.74) is 0. The highest BCUT2D eigenvalue weighted by molar-refractivity contribution is 5.82. The minimum absolute atomic E-state index is 0.153. The zero-order valence-electron chi connectivity index (χ0n) is 11.4. The summed E-state index contributed by atoms with van der Waals surface area (Å²) in [6.07, 6.45) is 3.68. The van der Waals surface area contributed by atoms with Gasteiger partial charge in [-0.2, -0.15) is 0 Å². The molecule has 0 saturated heterocycles. The minimum Gasteiger partial charge on any atom is -0.480 e. The Balaban J connectivity index is 2.46. The van der Waals surface area contributed by atoms with E-state index < -0.39 is 12.0 Å². The van der Waals surface area contributed by atoms with Crippen molar-refractivity contribution >= 4 is 12.0 Å². The largest absolute Gasteiger partial charge is 0.480 e. The number of urea groups is 1. The first kappa shape index (κ1) is 14.8. The fourth-order valence-electron chi connectivity index (χ4n) is 2.49. The van der Waals surface area contributed by atoms with Gasteiger partial charge in [0.15, 0.2) is 0 Å². The summed E-state index contributed by atoms with van der Waals surface area (Å²) in [5, 5.41) is 14.3. The maximum Gasteiger partial charge on any atom is 0.326 e. The SMILES string of the molecule is CCC(NC(=O)NC1CCCC(C)C1C)C(=O)O. The zero-order chi connectivity index (χ0) is 13.7. The second-order valence-electron chi connectivity index (χ2n) is 5.29. The standard InChI is InChI=1S/C13H24N2O3/c1-4-10(12(16)17)14-13(18)15-11-7-5-6-8(2)9(11)3/h8-11H,4-7H2,1-3H3,(H,16,17)(H2,14,15,18). The van der Waals surface area contributed by atoms with Crippen molar-refractivity contribution in [3.63, 3.8) is 0 Å². The first-order chi connectivity index (χ1) is 8.45. The molecule has 0 aromatic carbocycles. The lowest BCUT2D eigenvalue weighted by atomic mass is 9.78. The Labute approximate surface area is 108 Å². The van der Waals surface area contributed by atoms with Gasteiger partial charge in [-0.25, -0.2) is 9.59 Å². The molecule has 1 rings (SSSR count). The number of hydrogen-bond donors (Lipinski definition) is 3. The molecule has 0 aromatic rings. The van der Waals surface area contributed by atoms with Gasteiger partial charge < -0.3 is 15.7 Å². The molecule has 4 atom stereocenters. The second-order valence-corrected chi connectivity index (χ2v) is 5.29. The molecule has 5 heteroatoms. The van der Waals surface area contributed by atoms with E-state index >= 15 is 0 Å². The number of amides is 2. The summed E-state index contributed by atoms with van der Waals surface area (Å²) in [6, 6.07) is -1.02. The topological polar surface area (TPSA) is 78.4 Å². The van der Waals surface area contributed by atoms with E-state index in [1.165, 1.54) is 6.42 Å². The van der Waals surface area contributed by atoms with Gasteiger partial charge in [-0.05, 0) is 24.7 Å². The highest BCUT2D eigenvalue weighted by Gasteiger charge is 2.29. The molecule has 3 N–H and O–H groups in total. The summed E-state index contributed by atoms with van der Waals surface area (Å²) in [7, 11) is 0. The third kappa shape index (κ3) is 3.89. The van der Waals surface area contributed by atoms with E-state index in [0.717, 1.165) is 12.8 Å². The normalized spacial score (nSPS) is 29.4. The number of carboxylic acids is 1. The lowest BCUT2D eigenvalue weighted by molar-refractivity contribution is -0.139. The number of aliphatic carboxylic acids is 1. The molecule has 104 valence electrons. The molecule has 0 spiro atoms. The van der Waals surface area contributed by atoms with Gasteiger partial charge in [0.1, 0.15) is 6.04 Å². The highest BCUT2D eigenvalue weighted by Crippen LogP contribution is 2.29. The van der Waals surface area contributed by atoms with Gasteiger partial charge >= 0.3 is 12.0 Å². The van der Waals surface area contributed by atoms with Crippen LogP contribution in [0.3, 0.4) is 0 Å². The molecule has 0 heterocycles. The fraction of sp³-hybridized carbons (Fsp3) is 0.846. The minimum atomic E-state index is -0.988. The zero-order valence-corrected chi connectivity index (χ0v) is 11.4. The average Bonchev–Trinajstić information content (AvgIpc) is 2.31. The molecule has 4 unspecified atom stereocenters. The van der Waals surface area contributed by atoms with Gasteiger partial charge in [0.05, 0.1) is 0 Å². The van der Waals surface area contributed by atoms with Crippen LogP contribution in [0.25, 0.3) is 0 Å². The Bertz CT molecular complexity index is 307. The Hall–Kier alpha value is -1.26. The summed E-state index contributed by atoms with van der Waals surface area (Å²) in [6.45, 7) is 6.08. The van der Waals surface area contributed by atoms with Crippen molar-refractivity contribution in [1.82, 2.24) is 10.6 Å². The molecular formula is C13H24N2O3. The smallest absolute Gasteiger partial charge is 0.326 e. The highest BCUT2D eigenvalue weighted by atomic mass is 16.4. The van der Waals surface area contributed by atoms with Crippen molar-refractivity contribution in [2.45, 2.75) is 58.5 Å². The molecule has 0 aliphatic heterocycles. The molecule has 1 fully saturated rings. The maximum atomic E-state index is 11.8. The van der Waals surface area contributed by atoms with Crippen LogP contribution in [0.1, 0.15) is 46.5 Å². The maximum absolute atomic E-state index is 11.8. The molecular weight excluding hydrogens is 232 g/mol. The molecule has 5 nitrogen and oxygen atoms in total. The molecule has 0 bridgehead atoms. The van der Waals surface area contributed by atoms with Crippen molar-refractivity contribution < 1.29 is 14.7 Å². The third-order valence-corrected chi connectivity index (χ3v) is 4.03. The van der Waals surface area contributed by atoms with E-state index in [1.807, 2.05) is 0 Å². The molecule has 1 aliphatic rings. The summed E-state index contributed by atoms with van der Waals surface area (Å²) < 4.78 is 0. The first-order valence-corrected chi connectivity index (χ1v) is 6.75. The van der Waals surface area contributed by atoms with Crippen molar-refractivity contribution in [2.75, 3.05) is 0 Å². The molecule has 2 amide bonds. The van der Waals surface area contributed by atoms with Crippen LogP contribution in [0.5, 0.6) is 0 Å². The molecule has 0 aromatic heterocycles.